The monoisotopic (exact) mass is 219 g/mol. The van der Waals surface area contributed by atoms with Gasteiger partial charge in [0.2, 0.25) is 0 Å². The van der Waals surface area contributed by atoms with Crippen LogP contribution in [0.5, 0.6) is 0 Å². The summed E-state index contributed by atoms with van der Waals surface area (Å²) < 4.78 is 29.5. The molecule has 1 aliphatic carbocycles. The Balaban J connectivity index is 2.00. The van der Waals surface area contributed by atoms with E-state index < -0.39 is 17.4 Å². The van der Waals surface area contributed by atoms with Gasteiger partial charge in [0.15, 0.2) is 0 Å². The number of halogens is 2. The fraction of sp³-hybridized carbons (Fsp3) is 0.667. The van der Waals surface area contributed by atoms with E-state index in [1.54, 1.807) is 12.3 Å². The zero-order valence-electron chi connectivity index (χ0n) is 7.70. The van der Waals surface area contributed by atoms with Gasteiger partial charge >= 0.3 is 0 Å². The van der Waals surface area contributed by atoms with Crippen LogP contribution in [-0.2, 0) is 0 Å². The van der Waals surface area contributed by atoms with Crippen molar-refractivity contribution in [3.63, 3.8) is 0 Å². The predicted octanol–water partition coefficient (Wildman–Crippen LogP) is 2.61. The van der Waals surface area contributed by atoms with Crippen molar-refractivity contribution < 1.29 is 13.9 Å². The molecule has 0 bridgehead atoms. The third-order valence-corrected chi connectivity index (χ3v) is 3.65. The second-order valence-corrected chi connectivity index (χ2v) is 4.94. The minimum Gasteiger partial charge on any atom is -0.387 e. The molecule has 1 aromatic heterocycles. The van der Waals surface area contributed by atoms with E-state index in [0.717, 1.165) is 11.5 Å². The van der Waals surface area contributed by atoms with Gasteiger partial charge in [-0.1, -0.05) is 6.92 Å². The van der Waals surface area contributed by atoms with Gasteiger partial charge < -0.3 is 5.11 Å². The van der Waals surface area contributed by atoms with Gasteiger partial charge in [-0.15, -0.1) is 0 Å². The predicted molar refractivity (Wildman–Crippen MR) is 49.4 cm³/mol. The fourth-order valence-electron chi connectivity index (χ4n) is 1.59. The molecular formula is C9H11F2NOS. The van der Waals surface area contributed by atoms with Crippen molar-refractivity contribution in [2.75, 3.05) is 0 Å². The molecule has 78 valence electrons. The van der Waals surface area contributed by atoms with Crippen LogP contribution in [0.2, 0.25) is 0 Å². The SMILES string of the molecule is CC1(CC(O)c2ccns2)CC1(F)F. The van der Waals surface area contributed by atoms with E-state index in [-0.39, 0.29) is 12.8 Å². The second kappa shape index (κ2) is 2.97. The lowest BCUT2D eigenvalue weighted by atomic mass is 9.99. The molecule has 14 heavy (non-hydrogen) atoms. The molecule has 0 spiro atoms. The first-order valence-electron chi connectivity index (χ1n) is 4.41. The van der Waals surface area contributed by atoms with Crippen LogP contribution in [0.1, 0.15) is 30.7 Å². The average molecular weight is 219 g/mol. The van der Waals surface area contributed by atoms with Crippen LogP contribution in [-0.4, -0.2) is 15.4 Å². The van der Waals surface area contributed by atoms with Gasteiger partial charge in [-0.2, -0.15) is 0 Å². The number of hydrogen-bond acceptors (Lipinski definition) is 3. The van der Waals surface area contributed by atoms with Gasteiger partial charge in [-0.3, -0.25) is 0 Å². The molecular weight excluding hydrogens is 208 g/mol. The number of hydrogen-bond donors (Lipinski definition) is 1. The number of aromatic nitrogens is 1. The summed E-state index contributed by atoms with van der Waals surface area (Å²) in [5, 5.41) is 9.65. The normalized spacial score (nSPS) is 31.4. The standard InChI is InChI=1S/C9H11F2NOS/c1-8(5-9(8,10)11)4-6(13)7-2-3-12-14-7/h2-3,6,13H,4-5H2,1H3. The van der Waals surface area contributed by atoms with Gasteiger partial charge in [0.1, 0.15) is 0 Å². The van der Waals surface area contributed by atoms with Crippen molar-refractivity contribution in [2.24, 2.45) is 5.41 Å². The topological polar surface area (TPSA) is 33.1 Å². The van der Waals surface area contributed by atoms with E-state index in [4.69, 9.17) is 0 Å². The first kappa shape index (κ1) is 9.98. The maximum absolute atomic E-state index is 12.9. The molecule has 1 heterocycles. The zero-order valence-corrected chi connectivity index (χ0v) is 8.52. The number of rotatable bonds is 3. The Kier molecular flexibility index (Phi) is 2.12. The molecule has 1 aromatic rings. The summed E-state index contributed by atoms with van der Waals surface area (Å²) in [5.74, 6) is -2.60. The van der Waals surface area contributed by atoms with E-state index in [1.165, 1.54) is 6.92 Å². The summed E-state index contributed by atoms with van der Waals surface area (Å²) in [6.07, 6.45) is 0.759. The molecule has 2 unspecified atom stereocenters. The minimum atomic E-state index is -2.60. The zero-order chi connectivity index (χ0) is 10.4. The molecule has 1 fully saturated rings. The lowest BCUT2D eigenvalue weighted by Gasteiger charge is -2.13. The van der Waals surface area contributed by atoms with Crippen LogP contribution in [0.4, 0.5) is 8.78 Å². The third kappa shape index (κ3) is 1.54. The largest absolute Gasteiger partial charge is 0.387 e. The minimum absolute atomic E-state index is 0.113. The Bertz CT molecular complexity index is 328. The molecule has 2 atom stereocenters. The average Bonchev–Trinajstić information content (AvgIpc) is 2.55. The van der Waals surface area contributed by atoms with Crippen LogP contribution in [0.15, 0.2) is 12.3 Å². The van der Waals surface area contributed by atoms with E-state index in [2.05, 4.69) is 4.37 Å². The molecule has 1 aliphatic rings. The summed E-state index contributed by atoms with van der Waals surface area (Å²) >= 11 is 1.15. The molecule has 0 aliphatic heterocycles. The molecule has 1 saturated carbocycles. The fourth-order valence-corrected chi connectivity index (χ4v) is 2.16. The van der Waals surface area contributed by atoms with E-state index >= 15 is 0 Å². The summed E-state index contributed by atoms with van der Waals surface area (Å²) in [6.45, 7) is 1.51. The highest BCUT2D eigenvalue weighted by molar-refractivity contribution is 7.05. The Hall–Kier alpha value is -0.550. The molecule has 0 saturated heterocycles. The molecule has 2 rings (SSSR count). The molecule has 0 amide bonds. The van der Waals surface area contributed by atoms with Crippen LogP contribution in [0, 0.1) is 5.41 Å². The van der Waals surface area contributed by atoms with Gasteiger partial charge in [-0.05, 0) is 24.0 Å². The van der Waals surface area contributed by atoms with Crippen molar-refractivity contribution in [1.29, 1.82) is 0 Å². The molecule has 1 N–H and O–H groups in total. The van der Waals surface area contributed by atoms with Gasteiger partial charge in [-0.25, -0.2) is 13.2 Å². The smallest absolute Gasteiger partial charge is 0.254 e. The molecule has 5 heteroatoms. The summed E-state index contributed by atoms with van der Waals surface area (Å²) in [6, 6.07) is 1.67. The van der Waals surface area contributed by atoms with Gasteiger partial charge in [0.05, 0.1) is 11.0 Å². The van der Waals surface area contributed by atoms with Crippen molar-refractivity contribution in [3.8, 4) is 0 Å². The number of aliphatic hydroxyl groups is 1. The first-order chi connectivity index (χ1) is 6.45. The Labute approximate surface area is 84.7 Å². The van der Waals surface area contributed by atoms with Crippen molar-refractivity contribution in [2.45, 2.75) is 31.8 Å². The van der Waals surface area contributed by atoms with E-state index in [1.807, 2.05) is 0 Å². The maximum atomic E-state index is 12.9. The lowest BCUT2D eigenvalue weighted by molar-refractivity contribution is 0.0426. The van der Waals surface area contributed by atoms with Gasteiger partial charge in [0.25, 0.3) is 5.92 Å². The maximum Gasteiger partial charge on any atom is 0.254 e. The number of nitrogens with zero attached hydrogens (tertiary/aromatic N) is 1. The summed E-state index contributed by atoms with van der Waals surface area (Å²) in [5.41, 5.74) is -1.02. The molecule has 0 aromatic carbocycles. The molecule has 0 radical (unpaired) electrons. The van der Waals surface area contributed by atoms with Crippen LogP contribution in [0.3, 0.4) is 0 Å². The number of aliphatic hydroxyl groups excluding tert-OH is 1. The summed E-state index contributed by atoms with van der Waals surface area (Å²) in [7, 11) is 0. The highest BCUT2D eigenvalue weighted by Gasteiger charge is 2.67. The van der Waals surface area contributed by atoms with E-state index in [9.17, 15) is 13.9 Å². The quantitative estimate of drug-likeness (QED) is 0.847. The lowest BCUT2D eigenvalue weighted by Crippen LogP contribution is -2.11. The van der Waals surface area contributed by atoms with Crippen molar-refractivity contribution in [3.05, 3.63) is 17.1 Å². The Morgan fingerprint density at radius 1 is 1.71 bits per heavy atom. The highest BCUT2D eigenvalue weighted by Crippen LogP contribution is 2.63. The first-order valence-corrected chi connectivity index (χ1v) is 5.18. The van der Waals surface area contributed by atoms with Crippen LogP contribution >= 0.6 is 11.5 Å². The third-order valence-electron chi connectivity index (χ3n) is 2.80. The Morgan fingerprint density at radius 3 is 2.79 bits per heavy atom. The van der Waals surface area contributed by atoms with E-state index in [0.29, 0.717) is 4.88 Å². The van der Waals surface area contributed by atoms with Gasteiger partial charge in [0, 0.05) is 18.0 Å². The summed E-state index contributed by atoms with van der Waals surface area (Å²) in [4.78, 5) is 0.661. The molecule has 2 nitrogen and oxygen atoms in total. The second-order valence-electron chi connectivity index (χ2n) is 4.08. The highest BCUT2D eigenvalue weighted by atomic mass is 32.1. The van der Waals surface area contributed by atoms with Crippen molar-refractivity contribution >= 4 is 11.5 Å². The van der Waals surface area contributed by atoms with Crippen LogP contribution in [0.25, 0.3) is 0 Å². The number of alkyl halides is 2. The van der Waals surface area contributed by atoms with Crippen molar-refractivity contribution in [1.82, 2.24) is 4.37 Å². The Morgan fingerprint density at radius 2 is 2.36 bits per heavy atom. The van der Waals surface area contributed by atoms with Crippen LogP contribution < -0.4 is 0 Å².